The molecule has 0 radical (unpaired) electrons. The van der Waals surface area contributed by atoms with E-state index in [0.717, 1.165) is 24.9 Å². The number of nitrogens with two attached hydrogens (primary N) is 1. The predicted molar refractivity (Wildman–Crippen MR) is 108 cm³/mol. The zero-order chi connectivity index (χ0) is 19.4. The summed E-state index contributed by atoms with van der Waals surface area (Å²) in [4.78, 5) is 26.0. The molecule has 7 heteroatoms. The van der Waals surface area contributed by atoms with Crippen LogP contribution in [-0.2, 0) is 22.6 Å². The molecular formula is C20H21Cl2N3O2. The van der Waals surface area contributed by atoms with Crippen molar-refractivity contribution in [2.24, 2.45) is 5.73 Å². The molecule has 2 aromatic carbocycles. The largest absolute Gasteiger partial charge is 0.368 e. The summed E-state index contributed by atoms with van der Waals surface area (Å²) < 4.78 is 0. The number of likely N-dealkylation sites (tertiary alicyclic amines) is 1. The molecule has 0 bridgehead atoms. The third kappa shape index (κ3) is 5.01. The van der Waals surface area contributed by atoms with E-state index in [0.29, 0.717) is 27.8 Å². The molecule has 1 fully saturated rings. The van der Waals surface area contributed by atoms with Gasteiger partial charge in [-0.1, -0.05) is 41.4 Å². The fourth-order valence-corrected chi connectivity index (χ4v) is 3.92. The van der Waals surface area contributed by atoms with Gasteiger partial charge in [0.2, 0.25) is 11.8 Å². The lowest BCUT2D eigenvalue weighted by atomic mass is 10.1. The van der Waals surface area contributed by atoms with Gasteiger partial charge >= 0.3 is 0 Å². The summed E-state index contributed by atoms with van der Waals surface area (Å²) in [6, 6.07) is 12.5. The number of hydrogen-bond donors (Lipinski definition) is 2. The Labute approximate surface area is 168 Å². The number of amides is 2. The van der Waals surface area contributed by atoms with Crippen LogP contribution in [0.25, 0.3) is 0 Å². The third-order valence-corrected chi connectivity index (χ3v) is 5.40. The molecule has 1 heterocycles. The molecule has 3 rings (SSSR count). The number of carbonyl (C=O) groups is 2. The van der Waals surface area contributed by atoms with E-state index in [4.69, 9.17) is 28.9 Å². The first kappa shape index (κ1) is 19.7. The summed E-state index contributed by atoms with van der Waals surface area (Å²) in [6.45, 7) is 1.46. The fourth-order valence-electron chi connectivity index (χ4n) is 3.39. The first-order chi connectivity index (χ1) is 12.9. The predicted octanol–water partition coefficient (Wildman–Crippen LogP) is 3.62. The van der Waals surface area contributed by atoms with Gasteiger partial charge in [-0.15, -0.1) is 0 Å². The van der Waals surface area contributed by atoms with Crippen molar-refractivity contribution in [3.63, 3.8) is 0 Å². The van der Waals surface area contributed by atoms with Crippen LogP contribution in [0.2, 0.25) is 10.0 Å². The number of rotatable bonds is 6. The molecule has 1 aliphatic rings. The van der Waals surface area contributed by atoms with Crippen LogP contribution in [-0.4, -0.2) is 29.3 Å². The Morgan fingerprint density at radius 1 is 1.15 bits per heavy atom. The lowest BCUT2D eigenvalue weighted by Crippen LogP contribution is -2.39. The van der Waals surface area contributed by atoms with Crippen LogP contribution in [0.15, 0.2) is 42.5 Å². The third-order valence-electron chi connectivity index (χ3n) is 4.69. The maximum Gasteiger partial charge on any atom is 0.234 e. The van der Waals surface area contributed by atoms with Gasteiger partial charge in [0.15, 0.2) is 0 Å². The summed E-state index contributed by atoms with van der Waals surface area (Å²) in [5.41, 5.74) is 7.78. The molecule has 2 amide bonds. The number of benzene rings is 2. The van der Waals surface area contributed by atoms with Crippen molar-refractivity contribution in [3.8, 4) is 0 Å². The van der Waals surface area contributed by atoms with E-state index in [1.54, 1.807) is 18.2 Å². The first-order valence-electron chi connectivity index (χ1n) is 8.79. The molecule has 142 valence electrons. The first-order valence-corrected chi connectivity index (χ1v) is 9.54. The van der Waals surface area contributed by atoms with Crippen molar-refractivity contribution in [2.45, 2.75) is 31.8 Å². The highest BCUT2D eigenvalue weighted by molar-refractivity contribution is 6.36. The Morgan fingerprint density at radius 3 is 2.56 bits per heavy atom. The summed E-state index contributed by atoms with van der Waals surface area (Å²) in [5, 5.41) is 3.82. The van der Waals surface area contributed by atoms with Crippen molar-refractivity contribution in [3.05, 3.63) is 63.6 Å². The molecule has 0 unspecified atom stereocenters. The van der Waals surface area contributed by atoms with Gasteiger partial charge in [0.05, 0.1) is 12.5 Å². The highest BCUT2D eigenvalue weighted by atomic mass is 35.5. The average Bonchev–Trinajstić information content (AvgIpc) is 3.07. The van der Waals surface area contributed by atoms with Crippen LogP contribution in [0.4, 0.5) is 5.69 Å². The molecule has 1 aliphatic heterocycles. The SMILES string of the molecule is NC(=O)[C@@H]1CCCN1Cc1cccc(NC(=O)Cc2c(Cl)cccc2Cl)c1. The number of nitrogens with zero attached hydrogens (tertiary/aromatic N) is 1. The standard InChI is InChI=1S/C20H21Cl2N3O2/c21-16-6-2-7-17(22)15(16)11-19(26)24-14-5-1-4-13(10-14)12-25-9-3-8-18(25)20(23)27/h1-2,4-7,10,18H,3,8-9,11-12H2,(H2,23,27)(H,24,26)/t18-/m0/s1. The van der Waals surface area contributed by atoms with Crippen LogP contribution in [0.1, 0.15) is 24.0 Å². The quantitative estimate of drug-likeness (QED) is 0.770. The van der Waals surface area contributed by atoms with E-state index < -0.39 is 0 Å². The molecule has 1 saturated heterocycles. The normalized spacial score (nSPS) is 17.0. The minimum Gasteiger partial charge on any atom is -0.368 e. The van der Waals surface area contributed by atoms with Crippen LogP contribution in [0.5, 0.6) is 0 Å². The van der Waals surface area contributed by atoms with Gasteiger partial charge in [0, 0.05) is 22.3 Å². The number of primary amides is 1. The molecule has 0 spiro atoms. The van der Waals surface area contributed by atoms with E-state index >= 15 is 0 Å². The molecule has 0 aliphatic carbocycles. The molecule has 5 nitrogen and oxygen atoms in total. The summed E-state index contributed by atoms with van der Waals surface area (Å²) in [6.07, 6.45) is 1.85. The Balaban J connectivity index is 1.65. The number of anilines is 1. The second kappa shape index (κ2) is 8.74. The zero-order valence-corrected chi connectivity index (χ0v) is 16.3. The van der Waals surface area contributed by atoms with E-state index in [-0.39, 0.29) is 24.3 Å². The molecule has 2 aromatic rings. The van der Waals surface area contributed by atoms with Crippen LogP contribution >= 0.6 is 23.2 Å². The number of carbonyl (C=O) groups excluding carboxylic acids is 2. The van der Waals surface area contributed by atoms with Crippen molar-refractivity contribution in [1.82, 2.24) is 4.90 Å². The van der Waals surface area contributed by atoms with Crippen LogP contribution in [0.3, 0.4) is 0 Å². The van der Waals surface area contributed by atoms with Crippen molar-refractivity contribution in [2.75, 3.05) is 11.9 Å². The van der Waals surface area contributed by atoms with Gasteiger partial charge in [-0.25, -0.2) is 0 Å². The average molecular weight is 406 g/mol. The Hall–Kier alpha value is -2.08. The van der Waals surface area contributed by atoms with Gasteiger partial charge in [0.1, 0.15) is 0 Å². The monoisotopic (exact) mass is 405 g/mol. The fraction of sp³-hybridized carbons (Fsp3) is 0.300. The van der Waals surface area contributed by atoms with Crippen molar-refractivity contribution in [1.29, 1.82) is 0 Å². The van der Waals surface area contributed by atoms with Crippen LogP contribution in [0, 0.1) is 0 Å². The van der Waals surface area contributed by atoms with Gasteiger partial charge in [-0.2, -0.15) is 0 Å². The van der Waals surface area contributed by atoms with E-state index in [1.807, 2.05) is 24.3 Å². The lowest BCUT2D eigenvalue weighted by Gasteiger charge is -2.22. The van der Waals surface area contributed by atoms with E-state index in [9.17, 15) is 9.59 Å². The molecule has 0 aromatic heterocycles. The van der Waals surface area contributed by atoms with Gasteiger partial charge in [-0.05, 0) is 54.8 Å². The second-order valence-electron chi connectivity index (χ2n) is 6.66. The zero-order valence-electron chi connectivity index (χ0n) is 14.8. The smallest absolute Gasteiger partial charge is 0.234 e. The van der Waals surface area contributed by atoms with Crippen molar-refractivity contribution < 1.29 is 9.59 Å². The van der Waals surface area contributed by atoms with E-state index in [2.05, 4.69) is 10.2 Å². The Morgan fingerprint density at radius 2 is 1.85 bits per heavy atom. The van der Waals surface area contributed by atoms with Gasteiger partial charge < -0.3 is 11.1 Å². The Bertz CT molecular complexity index is 837. The highest BCUT2D eigenvalue weighted by Gasteiger charge is 2.28. The highest BCUT2D eigenvalue weighted by Crippen LogP contribution is 2.25. The number of halogens is 2. The van der Waals surface area contributed by atoms with Crippen LogP contribution < -0.4 is 11.1 Å². The maximum atomic E-state index is 12.4. The minimum absolute atomic E-state index is 0.0958. The second-order valence-corrected chi connectivity index (χ2v) is 7.47. The topological polar surface area (TPSA) is 75.4 Å². The summed E-state index contributed by atoms with van der Waals surface area (Å²) in [5.74, 6) is -0.480. The maximum absolute atomic E-state index is 12.4. The number of hydrogen-bond acceptors (Lipinski definition) is 3. The van der Waals surface area contributed by atoms with E-state index in [1.165, 1.54) is 0 Å². The molecule has 27 heavy (non-hydrogen) atoms. The molecule has 0 saturated carbocycles. The van der Waals surface area contributed by atoms with Gasteiger partial charge in [0.25, 0.3) is 0 Å². The van der Waals surface area contributed by atoms with Crippen molar-refractivity contribution >= 4 is 40.7 Å². The summed E-state index contributed by atoms with van der Waals surface area (Å²) in [7, 11) is 0. The Kier molecular flexibility index (Phi) is 6.37. The number of nitrogens with one attached hydrogen (secondary N) is 1. The summed E-state index contributed by atoms with van der Waals surface area (Å²) >= 11 is 12.3. The minimum atomic E-state index is -0.284. The van der Waals surface area contributed by atoms with Gasteiger partial charge in [-0.3, -0.25) is 14.5 Å². The molecule has 1 atom stereocenters. The molecular weight excluding hydrogens is 385 g/mol. The lowest BCUT2D eigenvalue weighted by molar-refractivity contribution is -0.122. The molecule has 3 N–H and O–H groups in total.